The van der Waals surface area contributed by atoms with Gasteiger partial charge in [-0.2, -0.15) is 0 Å². The number of hydrogen-bond donors (Lipinski definition) is 3. The van der Waals surface area contributed by atoms with Crippen LogP contribution in [-0.2, 0) is 11.2 Å². The Kier molecular flexibility index (Phi) is 4.55. The number of carbonyl (C=O) groups excluding carboxylic acids is 1. The summed E-state index contributed by atoms with van der Waals surface area (Å²) >= 11 is 0. The van der Waals surface area contributed by atoms with Crippen LogP contribution in [0.2, 0.25) is 0 Å². The minimum Gasteiger partial charge on any atom is -0.326 e. The van der Waals surface area contributed by atoms with Gasteiger partial charge in [-0.3, -0.25) is 14.6 Å². The van der Waals surface area contributed by atoms with Crippen LogP contribution < -0.4 is 16.6 Å². The Balaban J connectivity index is 2.06. The van der Waals surface area contributed by atoms with Gasteiger partial charge in [-0.15, -0.1) is 0 Å². The topological polar surface area (TPSA) is 94.8 Å². The van der Waals surface area contributed by atoms with Crippen molar-refractivity contribution in [2.24, 2.45) is 0 Å². The van der Waals surface area contributed by atoms with Crippen LogP contribution in [0.5, 0.6) is 0 Å². The summed E-state index contributed by atoms with van der Waals surface area (Å²) in [6, 6.07) is 4.13. The quantitative estimate of drug-likeness (QED) is 0.796. The van der Waals surface area contributed by atoms with Crippen molar-refractivity contribution < 1.29 is 9.18 Å². The molecule has 2 aromatic rings. The Hall–Kier alpha value is -2.70. The Bertz CT molecular complexity index is 824. The normalized spacial score (nSPS) is 10.5. The second-order valence-electron chi connectivity index (χ2n) is 5.02. The van der Waals surface area contributed by atoms with Gasteiger partial charge in [0.05, 0.1) is 0 Å². The van der Waals surface area contributed by atoms with E-state index in [2.05, 4.69) is 15.3 Å². The van der Waals surface area contributed by atoms with Gasteiger partial charge in [-0.05, 0) is 38.0 Å². The van der Waals surface area contributed by atoms with E-state index in [4.69, 9.17) is 0 Å². The number of H-pyrrole nitrogens is 2. The van der Waals surface area contributed by atoms with E-state index in [9.17, 15) is 18.8 Å². The first-order chi connectivity index (χ1) is 10.4. The molecule has 1 amide bonds. The maximum atomic E-state index is 13.2. The van der Waals surface area contributed by atoms with Crippen molar-refractivity contribution in [1.29, 1.82) is 0 Å². The molecule has 0 fully saturated rings. The van der Waals surface area contributed by atoms with Crippen LogP contribution in [0, 0.1) is 19.7 Å². The molecule has 116 valence electrons. The molecule has 0 atom stereocenters. The highest BCUT2D eigenvalue weighted by Gasteiger charge is 2.10. The van der Waals surface area contributed by atoms with Crippen LogP contribution >= 0.6 is 0 Å². The SMILES string of the molecule is Cc1ccc(F)cc1NC(=O)CCc1c(C)[nH]c(=O)[nH]c1=O. The Morgan fingerprint density at radius 3 is 2.64 bits per heavy atom. The monoisotopic (exact) mass is 305 g/mol. The van der Waals surface area contributed by atoms with Gasteiger partial charge in [0.2, 0.25) is 5.91 Å². The highest BCUT2D eigenvalue weighted by molar-refractivity contribution is 5.91. The number of aromatic nitrogens is 2. The fourth-order valence-corrected chi connectivity index (χ4v) is 2.11. The number of carbonyl (C=O) groups is 1. The van der Waals surface area contributed by atoms with Gasteiger partial charge in [0.25, 0.3) is 5.56 Å². The lowest BCUT2D eigenvalue weighted by molar-refractivity contribution is -0.116. The highest BCUT2D eigenvalue weighted by Crippen LogP contribution is 2.16. The number of amides is 1. The first kappa shape index (κ1) is 15.7. The fourth-order valence-electron chi connectivity index (χ4n) is 2.11. The van der Waals surface area contributed by atoms with E-state index < -0.39 is 17.1 Å². The van der Waals surface area contributed by atoms with Crippen molar-refractivity contribution in [2.75, 3.05) is 5.32 Å². The average Bonchev–Trinajstić information content (AvgIpc) is 2.41. The summed E-state index contributed by atoms with van der Waals surface area (Å²) in [5.41, 5.74) is 0.848. The van der Waals surface area contributed by atoms with E-state index in [1.165, 1.54) is 12.1 Å². The van der Waals surface area contributed by atoms with E-state index in [-0.39, 0.29) is 18.7 Å². The summed E-state index contributed by atoms with van der Waals surface area (Å²) in [5.74, 6) is -0.771. The zero-order chi connectivity index (χ0) is 16.3. The number of aryl methyl sites for hydroxylation is 2. The summed E-state index contributed by atoms with van der Waals surface area (Å²) in [4.78, 5) is 39.3. The predicted molar refractivity (Wildman–Crippen MR) is 80.5 cm³/mol. The van der Waals surface area contributed by atoms with Crippen molar-refractivity contribution in [1.82, 2.24) is 9.97 Å². The summed E-state index contributed by atoms with van der Waals surface area (Å²) in [6.07, 6.45) is 0.226. The molecule has 2 rings (SSSR count). The molecule has 22 heavy (non-hydrogen) atoms. The van der Waals surface area contributed by atoms with Gasteiger partial charge in [-0.1, -0.05) is 6.07 Å². The molecule has 0 unspecified atom stereocenters. The molecule has 0 saturated heterocycles. The number of rotatable bonds is 4. The molecule has 0 radical (unpaired) electrons. The molecule has 0 spiro atoms. The first-order valence-corrected chi connectivity index (χ1v) is 6.75. The zero-order valence-corrected chi connectivity index (χ0v) is 12.2. The average molecular weight is 305 g/mol. The summed E-state index contributed by atoms with van der Waals surface area (Å²) < 4.78 is 13.2. The van der Waals surface area contributed by atoms with Gasteiger partial charge in [0.15, 0.2) is 0 Å². The Morgan fingerprint density at radius 2 is 1.95 bits per heavy atom. The lowest BCUT2D eigenvalue weighted by Crippen LogP contribution is -2.27. The van der Waals surface area contributed by atoms with Gasteiger partial charge >= 0.3 is 5.69 Å². The lowest BCUT2D eigenvalue weighted by atomic mass is 10.1. The van der Waals surface area contributed by atoms with Crippen molar-refractivity contribution >= 4 is 11.6 Å². The molecule has 1 aromatic heterocycles. The zero-order valence-electron chi connectivity index (χ0n) is 12.2. The standard InChI is InChI=1S/C15H16FN3O3/c1-8-3-4-10(16)7-12(8)18-13(20)6-5-11-9(2)17-15(22)19-14(11)21/h3-4,7H,5-6H2,1-2H3,(H,18,20)(H2,17,19,21,22). The molecule has 7 heteroatoms. The van der Waals surface area contributed by atoms with Crippen LogP contribution in [0.1, 0.15) is 23.2 Å². The van der Waals surface area contributed by atoms with Gasteiger partial charge in [0, 0.05) is 23.4 Å². The van der Waals surface area contributed by atoms with Crippen molar-refractivity contribution in [3.05, 3.63) is 61.7 Å². The van der Waals surface area contributed by atoms with Crippen LogP contribution in [0.15, 0.2) is 27.8 Å². The smallest absolute Gasteiger partial charge is 0.325 e. The third-order valence-electron chi connectivity index (χ3n) is 3.33. The number of benzene rings is 1. The second kappa shape index (κ2) is 6.38. The van der Waals surface area contributed by atoms with Crippen molar-refractivity contribution in [3.63, 3.8) is 0 Å². The van der Waals surface area contributed by atoms with Crippen LogP contribution in [-0.4, -0.2) is 15.9 Å². The molecule has 0 aliphatic rings. The second-order valence-corrected chi connectivity index (χ2v) is 5.02. The third kappa shape index (κ3) is 3.69. The molecular weight excluding hydrogens is 289 g/mol. The molecule has 1 aromatic carbocycles. The van der Waals surface area contributed by atoms with Crippen molar-refractivity contribution in [2.45, 2.75) is 26.7 Å². The van der Waals surface area contributed by atoms with E-state index in [0.717, 1.165) is 5.56 Å². The minimum atomic E-state index is -0.578. The first-order valence-electron chi connectivity index (χ1n) is 6.75. The third-order valence-corrected chi connectivity index (χ3v) is 3.33. The number of anilines is 1. The molecule has 0 bridgehead atoms. The van der Waals surface area contributed by atoms with Gasteiger partial charge < -0.3 is 10.3 Å². The molecule has 3 N–H and O–H groups in total. The molecule has 0 aliphatic carbocycles. The van der Waals surface area contributed by atoms with Crippen LogP contribution in [0.3, 0.4) is 0 Å². The van der Waals surface area contributed by atoms with Crippen LogP contribution in [0.25, 0.3) is 0 Å². The Morgan fingerprint density at radius 1 is 1.23 bits per heavy atom. The number of hydrogen-bond acceptors (Lipinski definition) is 3. The lowest BCUT2D eigenvalue weighted by Gasteiger charge is -2.09. The van der Waals surface area contributed by atoms with Crippen molar-refractivity contribution in [3.8, 4) is 0 Å². The summed E-state index contributed by atoms with van der Waals surface area (Å²) in [5, 5.41) is 2.61. The summed E-state index contributed by atoms with van der Waals surface area (Å²) in [7, 11) is 0. The predicted octanol–water partition coefficient (Wildman–Crippen LogP) is 1.39. The largest absolute Gasteiger partial charge is 0.326 e. The molecule has 6 nitrogen and oxygen atoms in total. The van der Waals surface area contributed by atoms with Crippen LogP contribution in [0.4, 0.5) is 10.1 Å². The van der Waals surface area contributed by atoms with E-state index in [1.54, 1.807) is 19.9 Å². The molecule has 0 saturated carbocycles. The molecule has 0 aliphatic heterocycles. The fraction of sp³-hybridized carbons (Fsp3) is 0.267. The maximum Gasteiger partial charge on any atom is 0.325 e. The number of halogens is 1. The van der Waals surface area contributed by atoms with E-state index in [0.29, 0.717) is 16.9 Å². The maximum absolute atomic E-state index is 13.2. The van der Waals surface area contributed by atoms with Gasteiger partial charge in [-0.25, -0.2) is 9.18 Å². The molecular formula is C15H16FN3O3. The number of nitrogens with one attached hydrogen (secondary N) is 3. The van der Waals surface area contributed by atoms with E-state index >= 15 is 0 Å². The Labute approximate surface area is 125 Å². The van der Waals surface area contributed by atoms with E-state index in [1.807, 2.05) is 0 Å². The summed E-state index contributed by atoms with van der Waals surface area (Å²) in [6.45, 7) is 3.35. The van der Waals surface area contributed by atoms with Gasteiger partial charge in [0.1, 0.15) is 5.82 Å². The molecule has 1 heterocycles. The minimum absolute atomic E-state index is 0.0475. The highest BCUT2D eigenvalue weighted by atomic mass is 19.1. The number of aromatic amines is 2.